The molecule has 1 fully saturated rings. The second-order valence-electron chi connectivity index (χ2n) is 7.71. The van der Waals surface area contributed by atoms with Gasteiger partial charge in [0.25, 0.3) is 0 Å². The maximum Gasteiger partial charge on any atom is 0.231 e. The van der Waals surface area contributed by atoms with Crippen LogP contribution in [0.1, 0.15) is 28.4 Å². The maximum absolute atomic E-state index is 13.0. The van der Waals surface area contributed by atoms with Gasteiger partial charge in [-0.3, -0.25) is 9.69 Å². The van der Waals surface area contributed by atoms with Gasteiger partial charge in [-0.15, -0.1) is 0 Å². The highest BCUT2D eigenvalue weighted by Gasteiger charge is 2.33. The first-order chi connectivity index (χ1) is 14.6. The summed E-state index contributed by atoms with van der Waals surface area (Å²) in [6, 6.07) is 11.0. The molecule has 154 valence electrons. The molecular weight excluding hydrogens is 382 g/mol. The van der Waals surface area contributed by atoms with E-state index >= 15 is 0 Å². The number of hydrogen-bond acceptors (Lipinski definition) is 6. The Kier molecular flexibility index (Phi) is 4.81. The van der Waals surface area contributed by atoms with Gasteiger partial charge < -0.3 is 19.3 Å². The summed E-state index contributed by atoms with van der Waals surface area (Å²) in [5.41, 5.74) is 2.95. The molecule has 0 bridgehead atoms. The lowest BCUT2D eigenvalue weighted by atomic mass is 10.0. The fraction of sp³-hybridized carbons (Fsp3) is 0.292. The van der Waals surface area contributed by atoms with E-state index in [-0.39, 0.29) is 23.4 Å². The van der Waals surface area contributed by atoms with Crippen molar-refractivity contribution in [2.24, 2.45) is 0 Å². The number of carbonyl (C=O) groups is 1. The zero-order valence-corrected chi connectivity index (χ0v) is 16.8. The second kappa shape index (κ2) is 7.63. The Morgan fingerprint density at radius 1 is 1.17 bits per heavy atom. The number of para-hydroxylation sites is 1. The van der Waals surface area contributed by atoms with Crippen molar-refractivity contribution in [2.75, 3.05) is 26.3 Å². The fourth-order valence-corrected chi connectivity index (χ4v) is 4.01. The van der Waals surface area contributed by atoms with Gasteiger partial charge in [0.2, 0.25) is 5.78 Å². The molecule has 3 heterocycles. The van der Waals surface area contributed by atoms with Gasteiger partial charge in [0.1, 0.15) is 23.4 Å². The van der Waals surface area contributed by atoms with E-state index in [4.69, 9.17) is 14.2 Å². The number of morpholine rings is 1. The molecule has 0 aliphatic carbocycles. The number of benzene rings is 2. The van der Waals surface area contributed by atoms with Crippen molar-refractivity contribution < 1.29 is 24.1 Å². The molecule has 0 aromatic heterocycles. The van der Waals surface area contributed by atoms with Gasteiger partial charge in [-0.1, -0.05) is 18.2 Å². The Hall–Kier alpha value is -3.09. The van der Waals surface area contributed by atoms with Crippen molar-refractivity contribution >= 4 is 11.9 Å². The van der Waals surface area contributed by atoms with Gasteiger partial charge in [-0.2, -0.15) is 0 Å². The molecule has 3 aliphatic heterocycles. The Morgan fingerprint density at radius 2 is 1.97 bits per heavy atom. The first-order valence-electron chi connectivity index (χ1n) is 10.2. The molecule has 2 aromatic carbocycles. The van der Waals surface area contributed by atoms with Gasteiger partial charge in [-0.25, -0.2) is 0 Å². The number of ether oxygens (including phenoxy) is 3. The van der Waals surface area contributed by atoms with Crippen molar-refractivity contribution in [3.8, 4) is 17.2 Å². The number of fused-ring (bicyclic) bond motifs is 2. The molecule has 5 rings (SSSR count). The average Bonchev–Trinajstić information content (AvgIpc) is 3.07. The smallest absolute Gasteiger partial charge is 0.231 e. The monoisotopic (exact) mass is 405 g/mol. The zero-order chi connectivity index (χ0) is 20.7. The maximum atomic E-state index is 13.0. The highest BCUT2D eigenvalue weighted by molar-refractivity contribution is 6.13. The first kappa shape index (κ1) is 18.9. The fourth-order valence-electron chi connectivity index (χ4n) is 4.01. The highest BCUT2D eigenvalue weighted by atomic mass is 16.5. The Balaban J connectivity index is 1.46. The molecule has 6 nitrogen and oxygen atoms in total. The van der Waals surface area contributed by atoms with Crippen molar-refractivity contribution in [2.45, 2.75) is 19.6 Å². The van der Waals surface area contributed by atoms with E-state index in [1.165, 1.54) is 0 Å². The summed E-state index contributed by atoms with van der Waals surface area (Å²) in [6.07, 6.45) is 3.56. The number of Topliss-reactive ketones (excluding diaryl/α,β-unsaturated/α-hetero) is 1. The normalized spacial score (nSPS) is 22.2. The topological polar surface area (TPSA) is 68.2 Å². The van der Waals surface area contributed by atoms with Gasteiger partial charge in [-0.05, 0) is 42.8 Å². The lowest BCUT2D eigenvalue weighted by Crippen LogP contribution is -2.35. The van der Waals surface area contributed by atoms with E-state index in [1.807, 2.05) is 37.3 Å². The molecule has 1 saturated heterocycles. The quantitative estimate of drug-likeness (QED) is 0.788. The minimum Gasteiger partial charge on any atom is -0.507 e. The van der Waals surface area contributed by atoms with Crippen LogP contribution in [0.15, 0.2) is 53.8 Å². The number of rotatable bonds is 3. The Bertz CT molecular complexity index is 1070. The minimum absolute atomic E-state index is 0.136. The Labute approximate surface area is 175 Å². The second-order valence-corrected chi connectivity index (χ2v) is 7.71. The summed E-state index contributed by atoms with van der Waals surface area (Å²) in [6.45, 7) is 5.33. The van der Waals surface area contributed by atoms with Crippen LogP contribution < -0.4 is 9.47 Å². The standard InChI is InChI=1S/C24H23NO5/c1-15-17(12-16-4-2-3-5-21(16)29-15)13-22-23(27)18-6-7-20(26)19(24(18)30-22)14-25-8-10-28-11-9-25/h2-7,12-13,15,26H,8-11,14H2,1H3/t15-/m0/s1. The van der Waals surface area contributed by atoms with E-state index in [0.717, 1.165) is 30.0 Å². The predicted octanol–water partition coefficient (Wildman–Crippen LogP) is 3.55. The summed E-state index contributed by atoms with van der Waals surface area (Å²) >= 11 is 0. The number of nitrogens with zero attached hydrogens (tertiary/aromatic N) is 1. The van der Waals surface area contributed by atoms with Crippen LogP contribution in [0.25, 0.3) is 6.08 Å². The van der Waals surface area contributed by atoms with Gasteiger partial charge >= 0.3 is 0 Å². The average molecular weight is 405 g/mol. The zero-order valence-electron chi connectivity index (χ0n) is 16.8. The van der Waals surface area contributed by atoms with E-state index in [2.05, 4.69) is 4.90 Å². The predicted molar refractivity (Wildman–Crippen MR) is 112 cm³/mol. The number of aromatic hydroxyl groups is 1. The molecule has 6 heteroatoms. The van der Waals surface area contributed by atoms with Crippen LogP contribution in [-0.4, -0.2) is 48.2 Å². The third kappa shape index (κ3) is 3.38. The molecule has 0 amide bonds. The third-order valence-electron chi connectivity index (χ3n) is 5.71. The lowest BCUT2D eigenvalue weighted by Gasteiger charge is -2.27. The minimum atomic E-state index is -0.200. The molecule has 0 saturated carbocycles. The van der Waals surface area contributed by atoms with Crippen LogP contribution >= 0.6 is 0 Å². The molecule has 1 N–H and O–H groups in total. The van der Waals surface area contributed by atoms with Crippen molar-refractivity contribution in [1.29, 1.82) is 0 Å². The molecule has 30 heavy (non-hydrogen) atoms. The van der Waals surface area contributed by atoms with E-state index in [1.54, 1.807) is 18.2 Å². The largest absolute Gasteiger partial charge is 0.507 e. The molecule has 0 radical (unpaired) electrons. The lowest BCUT2D eigenvalue weighted by molar-refractivity contribution is 0.0336. The molecule has 0 unspecified atom stereocenters. The number of hydrogen-bond donors (Lipinski definition) is 1. The summed E-state index contributed by atoms with van der Waals surface area (Å²) in [5, 5.41) is 10.5. The van der Waals surface area contributed by atoms with Crippen molar-refractivity contribution in [3.63, 3.8) is 0 Å². The molecule has 0 spiro atoms. The summed E-state index contributed by atoms with van der Waals surface area (Å²) < 4.78 is 17.4. The van der Waals surface area contributed by atoms with Crippen LogP contribution in [-0.2, 0) is 11.3 Å². The summed E-state index contributed by atoms with van der Waals surface area (Å²) in [4.78, 5) is 15.2. The third-order valence-corrected chi connectivity index (χ3v) is 5.71. The van der Waals surface area contributed by atoms with Crippen molar-refractivity contribution in [1.82, 2.24) is 4.90 Å². The first-order valence-corrected chi connectivity index (χ1v) is 10.2. The van der Waals surface area contributed by atoms with Gasteiger partial charge in [0.15, 0.2) is 5.76 Å². The number of ketones is 1. The van der Waals surface area contributed by atoms with Gasteiger partial charge in [0, 0.05) is 25.2 Å². The van der Waals surface area contributed by atoms with E-state index < -0.39 is 0 Å². The van der Waals surface area contributed by atoms with Gasteiger partial charge in [0.05, 0.1) is 24.3 Å². The highest BCUT2D eigenvalue weighted by Crippen LogP contribution is 2.40. The molecule has 3 aliphatic rings. The van der Waals surface area contributed by atoms with Crippen LogP contribution in [0.3, 0.4) is 0 Å². The van der Waals surface area contributed by atoms with E-state index in [0.29, 0.717) is 36.6 Å². The molecule has 1 atom stereocenters. The summed E-state index contributed by atoms with van der Waals surface area (Å²) in [5.74, 6) is 1.48. The summed E-state index contributed by atoms with van der Waals surface area (Å²) in [7, 11) is 0. The van der Waals surface area contributed by atoms with Crippen LogP contribution in [0.2, 0.25) is 0 Å². The van der Waals surface area contributed by atoms with Crippen LogP contribution in [0, 0.1) is 0 Å². The number of allylic oxidation sites excluding steroid dienone is 1. The number of phenolic OH excluding ortho intramolecular Hbond substituents is 1. The SMILES string of the molecule is C[C@@H]1Oc2ccccc2C=C1C=C1Oc2c(ccc(O)c2CN2CCOCC2)C1=O. The number of phenols is 1. The molecular formula is C24H23NO5. The van der Waals surface area contributed by atoms with E-state index in [9.17, 15) is 9.90 Å². The Morgan fingerprint density at radius 3 is 2.80 bits per heavy atom. The van der Waals surface area contributed by atoms with Crippen molar-refractivity contribution in [3.05, 3.63) is 70.5 Å². The van der Waals surface area contributed by atoms with Crippen LogP contribution in [0.4, 0.5) is 0 Å². The number of carbonyl (C=O) groups excluding carboxylic acids is 1. The molecule has 2 aromatic rings. The van der Waals surface area contributed by atoms with Crippen LogP contribution in [0.5, 0.6) is 17.2 Å².